The van der Waals surface area contributed by atoms with E-state index in [4.69, 9.17) is 33.5 Å². The molecule has 2 amide bonds. The summed E-state index contributed by atoms with van der Waals surface area (Å²) in [7, 11) is -2.54. The van der Waals surface area contributed by atoms with E-state index < -0.39 is 50.7 Å². The summed E-state index contributed by atoms with van der Waals surface area (Å²) >= 11 is 0. The minimum absolute atomic E-state index is 0.0335. The third-order valence-corrected chi connectivity index (χ3v) is 19.6. The van der Waals surface area contributed by atoms with E-state index >= 15 is 0 Å². The average Bonchev–Trinajstić information content (AvgIpc) is 2.14. The van der Waals surface area contributed by atoms with Gasteiger partial charge in [0.1, 0.15) is 59.3 Å². The van der Waals surface area contributed by atoms with Crippen LogP contribution >= 0.6 is 0 Å². The van der Waals surface area contributed by atoms with Crippen LogP contribution in [0, 0.1) is 23.3 Å². The van der Waals surface area contributed by atoms with E-state index in [9.17, 15) is 41.5 Å². The third kappa shape index (κ3) is 14.6. The van der Waals surface area contributed by atoms with E-state index in [1.54, 1.807) is 20.4 Å². The zero-order chi connectivity index (χ0) is 61.9. The number of nitrogens with one attached hydrogen (secondary N) is 1. The van der Waals surface area contributed by atoms with Crippen molar-refractivity contribution in [1.29, 1.82) is 0 Å². The Morgan fingerprint density at radius 1 is 0.598 bits per heavy atom. The molecular formula is C62H72F4N8O11Si2. The summed E-state index contributed by atoms with van der Waals surface area (Å²) < 4.78 is 92.1. The maximum atomic E-state index is 14.3. The van der Waals surface area contributed by atoms with E-state index in [-0.39, 0.29) is 79.5 Å². The molecule has 2 aromatic carbocycles. The molecule has 19 nitrogen and oxygen atoms in total. The van der Waals surface area contributed by atoms with E-state index in [2.05, 4.69) is 54.6 Å². The molecule has 12 rings (SSSR count). The first-order valence-corrected chi connectivity index (χ1v) is 36.7. The molecule has 4 aliphatic rings. The lowest BCUT2D eigenvalue weighted by Gasteiger charge is -2.39. The van der Waals surface area contributed by atoms with E-state index in [1.165, 1.54) is 54.6 Å². The Bertz CT molecular complexity index is 3980. The fourth-order valence-corrected chi connectivity index (χ4v) is 13.1. The summed E-state index contributed by atoms with van der Waals surface area (Å²) in [5.41, 5.74) is 8.47. The first kappa shape index (κ1) is 62.5. The number of hydrogen-bond donors (Lipinski definition) is 2. The van der Waals surface area contributed by atoms with Gasteiger partial charge in [-0.25, -0.2) is 37.1 Å². The van der Waals surface area contributed by atoms with Crippen LogP contribution in [0.3, 0.4) is 0 Å². The van der Waals surface area contributed by atoms with Gasteiger partial charge in [0.2, 0.25) is 11.8 Å². The fourth-order valence-electron chi connectivity index (χ4n) is 11.5. The summed E-state index contributed by atoms with van der Waals surface area (Å²) in [6.45, 7) is 15.5. The number of halogens is 4. The normalized spacial score (nSPS) is 18.8. The Morgan fingerprint density at radius 2 is 1.06 bits per heavy atom. The number of hydrogen-bond acceptors (Lipinski definition) is 15. The molecule has 6 aromatic heterocycles. The van der Waals surface area contributed by atoms with Crippen LogP contribution in [0.25, 0.3) is 43.7 Å². The minimum Gasteiger partial charge on any atom is -0.466 e. The first-order valence-electron chi connectivity index (χ1n) is 29.3. The van der Waals surface area contributed by atoms with E-state index in [1.807, 2.05) is 4.57 Å². The summed E-state index contributed by atoms with van der Waals surface area (Å²) in [5, 5.41) is 5.22. The number of amides is 2. The first-order chi connectivity index (χ1) is 41.5. The Kier molecular flexibility index (Phi) is 19.0. The highest BCUT2D eigenvalue weighted by Gasteiger charge is 2.37. The number of ether oxygens (including phenoxy) is 4. The predicted octanol–water partition coefficient (Wildman–Crippen LogP) is 10.8. The lowest BCUT2D eigenvalue weighted by molar-refractivity contribution is -0.122. The molecule has 0 bridgehead atoms. The maximum absolute atomic E-state index is 14.3. The number of carbonyl (C=O) groups excluding carboxylic acids is 3. The molecule has 0 radical (unpaired) electrons. The molecule has 0 saturated heterocycles. The second kappa shape index (κ2) is 26.4. The van der Waals surface area contributed by atoms with Gasteiger partial charge >= 0.3 is 11.3 Å². The molecule has 2 fully saturated rings. The zero-order valence-electron chi connectivity index (χ0n) is 49.6. The van der Waals surface area contributed by atoms with Gasteiger partial charge in [0, 0.05) is 88.7 Å². The van der Waals surface area contributed by atoms with Crippen LogP contribution in [0.1, 0.15) is 67.5 Å². The molecular weight excluding hydrogens is 1160 g/mol. The SMILES string of the molecule is C[Si](C)(C)CCOCn1c(C=O)cc2c(=O)oc3ccc(F)cc3c21.C[Si](C)(C)CCOCn1c(CNC2CCC(N3C(=O)COc4ncc(F)cc43)CC2)cc2c(=O)oc3ccc(F)cc3c21.NC1CCC(N2C(=O)COc3ncc(F)cc32)CC1. The highest BCUT2D eigenvalue weighted by atomic mass is 28.3. The molecule has 2 aliphatic heterocycles. The van der Waals surface area contributed by atoms with Gasteiger partial charge in [0.25, 0.3) is 11.8 Å². The lowest BCUT2D eigenvalue weighted by Crippen LogP contribution is -2.49. The molecule has 87 heavy (non-hydrogen) atoms. The van der Waals surface area contributed by atoms with Crippen LogP contribution in [0.4, 0.5) is 28.9 Å². The van der Waals surface area contributed by atoms with Crippen LogP contribution in [0.2, 0.25) is 51.4 Å². The summed E-state index contributed by atoms with van der Waals surface area (Å²) in [6.07, 6.45) is 9.36. The molecule has 2 aliphatic carbocycles. The quantitative estimate of drug-likeness (QED) is 0.0301. The Morgan fingerprint density at radius 3 is 1.54 bits per heavy atom. The number of nitrogens with zero attached hydrogens (tertiary/aromatic N) is 6. The molecule has 3 N–H and O–H groups in total. The van der Waals surface area contributed by atoms with Gasteiger partial charge in [-0.05, 0) is 112 Å². The van der Waals surface area contributed by atoms with Crippen LogP contribution in [-0.4, -0.2) is 104 Å². The number of pyridine rings is 2. The Balaban J connectivity index is 0.000000160. The molecule has 0 unspecified atom stereocenters. The zero-order valence-corrected chi connectivity index (χ0v) is 51.6. The smallest absolute Gasteiger partial charge is 0.345 e. The van der Waals surface area contributed by atoms with E-state index in [0.717, 1.165) is 81.5 Å². The van der Waals surface area contributed by atoms with Gasteiger partial charge in [0.05, 0.1) is 39.9 Å². The van der Waals surface area contributed by atoms with Crippen molar-refractivity contribution in [1.82, 2.24) is 24.4 Å². The number of aldehydes is 1. The monoisotopic (exact) mass is 1240 g/mol. The van der Waals surface area contributed by atoms with Gasteiger partial charge < -0.3 is 57.8 Å². The molecule has 0 spiro atoms. The van der Waals surface area contributed by atoms with Gasteiger partial charge in [-0.15, -0.1) is 0 Å². The molecule has 0 atom stereocenters. The van der Waals surface area contributed by atoms with Gasteiger partial charge in [-0.2, -0.15) is 0 Å². The number of benzene rings is 2. The van der Waals surface area contributed by atoms with Crippen LogP contribution < -0.4 is 41.6 Å². The minimum atomic E-state index is -1.30. The number of carbonyl (C=O) groups is 3. The van der Waals surface area contributed by atoms with Gasteiger partial charge in [-0.3, -0.25) is 14.4 Å². The largest absolute Gasteiger partial charge is 0.466 e. The number of nitrogens with two attached hydrogens (primary N) is 1. The third-order valence-electron chi connectivity index (χ3n) is 16.2. The topological polar surface area (TPSA) is 229 Å². The molecule has 8 aromatic rings. The van der Waals surface area contributed by atoms with Crippen molar-refractivity contribution >= 4 is 89.4 Å². The van der Waals surface area contributed by atoms with Gasteiger partial charge in [-0.1, -0.05) is 39.3 Å². The van der Waals surface area contributed by atoms with Crippen molar-refractivity contribution in [3.05, 3.63) is 129 Å². The second-order valence-electron chi connectivity index (χ2n) is 25.0. The van der Waals surface area contributed by atoms with Gasteiger partial charge in [0.15, 0.2) is 19.5 Å². The molecule has 25 heteroatoms. The number of fused-ring (bicyclic) bond motifs is 8. The molecule has 8 heterocycles. The van der Waals surface area contributed by atoms with Crippen molar-refractivity contribution in [3.8, 4) is 11.8 Å². The number of rotatable bonds is 16. The van der Waals surface area contributed by atoms with Crippen LogP contribution in [-0.2, 0) is 39.1 Å². The van der Waals surface area contributed by atoms with Crippen molar-refractivity contribution < 1.29 is 59.7 Å². The second-order valence-corrected chi connectivity index (χ2v) is 36.2. The highest BCUT2D eigenvalue weighted by molar-refractivity contribution is 6.76. The summed E-state index contributed by atoms with van der Waals surface area (Å²) in [6, 6.07) is 16.3. The molecule has 2 saturated carbocycles. The number of anilines is 2. The number of aromatic nitrogens is 4. The average molecular weight is 1240 g/mol. The Hall–Kier alpha value is -7.56. The summed E-state index contributed by atoms with van der Waals surface area (Å²) in [5.74, 6) is -1.56. The lowest BCUT2D eigenvalue weighted by atomic mass is 9.89. The van der Waals surface area contributed by atoms with Crippen molar-refractivity contribution in [3.63, 3.8) is 0 Å². The summed E-state index contributed by atoms with van der Waals surface area (Å²) in [4.78, 5) is 72.6. The van der Waals surface area contributed by atoms with Crippen LogP contribution in [0.5, 0.6) is 11.8 Å². The van der Waals surface area contributed by atoms with Crippen molar-refractivity contribution in [2.75, 3.05) is 36.2 Å². The predicted molar refractivity (Wildman–Crippen MR) is 327 cm³/mol. The maximum Gasteiger partial charge on any atom is 0.345 e. The van der Waals surface area contributed by atoms with Crippen molar-refractivity contribution in [2.24, 2.45) is 5.73 Å². The highest BCUT2D eigenvalue weighted by Crippen LogP contribution is 2.38. The Labute approximate surface area is 500 Å². The van der Waals surface area contributed by atoms with Crippen LogP contribution in [0.15, 0.2) is 91.5 Å². The van der Waals surface area contributed by atoms with Crippen molar-refractivity contribution in [2.45, 2.75) is 147 Å². The molecule has 462 valence electrons. The fraction of sp³-hybridized carbons (Fsp3) is 0.435. The standard InChI is InChI=1S/C31H36F2N4O5Si.C18H20FNO4Si.C13H16FN3O2/c1-43(2,3)11-10-40-18-36-23(14-25-29(36)24-12-19(32)4-9-27(24)42-31(25)39)16-34-21-5-7-22(8-6-21)37-26-13-20(33)15-35-30(26)41-17-28(37)38;1-25(2,3)7-6-23-11-20-13(10-21)9-15-17(20)14-8-12(19)4-5-16(14)24-18(15)22;14-8-5-11-13(16-6-8)19-7-12(18)17(11)10-3-1-9(15)2-4-10/h4,9,12-15,21-22,34H,5-8,10-11,16-18H2,1-3H3;4-5,8-10H,6-7,11H2,1-3H3;5-6,9-10H,1-4,7,15H2. The van der Waals surface area contributed by atoms with E-state index in [0.29, 0.717) is 81.8 Å².